The monoisotopic (exact) mass is 480 g/mol. The van der Waals surface area contributed by atoms with Crippen molar-refractivity contribution in [3.05, 3.63) is 66.2 Å². The first kappa shape index (κ1) is 26.1. The van der Waals surface area contributed by atoms with E-state index in [0.717, 1.165) is 24.3 Å². The van der Waals surface area contributed by atoms with Crippen LogP contribution in [0.5, 0.6) is 0 Å². The van der Waals surface area contributed by atoms with E-state index in [4.69, 9.17) is 4.74 Å². The molecule has 3 rings (SSSR count). The minimum Gasteiger partial charge on any atom is -0.444 e. The Morgan fingerprint density at radius 3 is 2.11 bits per heavy atom. The van der Waals surface area contributed by atoms with Crippen LogP contribution in [0.2, 0.25) is 0 Å². The summed E-state index contributed by atoms with van der Waals surface area (Å²) in [6.45, 7) is 8.37. The fourth-order valence-corrected chi connectivity index (χ4v) is 3.94. The molecule has 1 unspecified atom stereocenters. The number of hydrogen-bond donors (Lipinski definition) is 2. The van der Waals surface area contributed by atoms with Gasteiger partial charge >= 0.3 is 6.09 Å². The van der Waals surface area contributed by atoms with Gasteiger partial charge < -0.3 is 25.2 Å². The smallest absolute Gasteiger partial charge is 0.408 e. The number of nitrogens with zero attached hydrogens (tertiary/aromatic N) is 2. The Labute approximate surface area is 207 Å². The van der Waals surface area contributed by atoms with E-state index in [-0.39, 0.29) is 24.8 Å². The summed E-state index contributed by atoms with van der Waals surface area (Å²) < 4.78 is 5.32. The number of carbonyl (C=O) groups excluding carboxylic acids is 3. The van der Waals surface area contributed by atoms with Crippen molar-refractivity contribution >= 4 is 23.6 Å². The zero-order valence-corrected chi connectivity index (χ0v) is 20.8. The van der Waals surface area contributed by atoms with Gasteiger partial charge in [-0.05, 0) is 38.5 Å². The molecule has 0 radical (unpaired) electrons. The highest BCUT2D eigenvalue weighted by Gasteiger charge is 2.25. The van der Waals surface area contributed by atoms with E-state index in [1.54, 1.807) is 20.8 Å². The van der Waals surface area contributed by atoms with Crippen molar-refractivity contribution in [1.29, 1.82) is 0 Å². The number of anilines is 1. The lowest BCUT2D eigenvalue weighted by molar-refractivity contribution is -0.131. The molecule has 0 aromatic heterocycles. The van der Waals surface area contributed by atoms with Crippen LogP contribution in [0.3, 0.4) is 0 Å². The van der Waals surface area contributed by atoms with Gasteiger partial charge in [0, 0.05) is 51.3 Å². The minimum absolute atomic E-state index is 0.0118. The molecule has 8 heteroatoms. The normalized spacial score (nSPS) is 14.7. The van der Waals surface area contributed by atoms with Crippen LogP contribution in [0.25, 0.3) is 0 Å². The van der Waals surface area contributed by atoms with E-state index in [2.05, 4.69) is 27.7 Å². The predicted octanol–water partition coefficient (Wildman–Crippen LogP) is 2.98. The summed E-state index contributed by atoms with van der Waals surface area (Å²) in [5.74, 6) is -0.334. The van der Waals surface area contributed by atoms with Crippen LogP contribution in [-0.2, 0) is 20.7 Å². The summed E-state index contributed by atoms with van der Waals surface area (Å²) in [7, 11) is 0. The number of nitrogens with one attached hydrogen (secondary N) is 2. The Balaban J connectivity index is 1.48. The summed E-state index contributed by atoms with van der Waals surface area (Å²) >= 11 is 0. The van der Waals surface area contributed by atoms with E-state index >= 15 is 0 Å². The van der Waals surface area contributed by atoms with E-state index in [1.165, 1.54) is 0 Å². The summed E-state index contributed by atoms with van der Waals surface area (Å²) in [4.78, 5) is 42.0. The molecule has 3 amide bonds. The van der Waals surface area contributed by atoms with Gasteiger partial charge in [0.15, 0.2) is 0 Å². The number of alkyl carbamates (subject to hydrolysis) is 1. The topological polar surface area (TPSA) is 91.0 Å². The zero-order valence-electron chi connectivity index (χ0n) is 20.8. The molecule has 8 nitrogen and oxygen atoms in total. The molecule has 1 atom stereocenters. The second kappa shape index (κ2) is 12.2. The van der Waals surface area contributed by atoms with Crippen LogP contribution in [0, 0.1) is 0 Å². The van der Waals surface area contributed by atoms with Crippen molar-refractivity contribution in [3.8, 4) is 0 Å². The van der Waals surface area contributed by atoms with E-state index in [9.17, 15) is 14.4 Å². The van der Waals surface area contributed by atoms with Crippen molar-refractivity contribution in [2.24, 2.45) is 0 Å². The fraction of sp³-hybridized carbons (Fsp3) is 0.444. The summed E-state index contributed by atoms with van der Waals surface area (Å²) in [6, 6.07) is 18.8. The first-order valence-electron chi connectivity index (χ1n) is 12.1. The van der Waals surface area contributed by atoms with Crippen LogP contribution in [0.15, 0.2) is 60.7 Å². The maximum atomic E-state index is 12.9. The molecule has 0 saturated carbocycles. The molecule has 2 N–H and O–H groups in total. The number of amides is 3. The quantitative estimate of drug-likeness (QED) is 0.606. The molecule has 188 valence electrons. The second-order valence-corrected chi connectivity index (χ2v) is 9.63. The van der Waals surface area contributed by atoms with Gasteiger partial charge in [-0.15, -0.1) is 0 Å². The van der Waals surface area contributed by atoms with Crippen molar-refractivity contribution in [1.82, 2.24) is 15.5 Å². The van der Waals surface area contributed by atoms with Gasteiger partial charge in [0.05, 0.1) is 0 Å². The van der Waals surface area contributed by atoms with Crippen LogP contribution in [-0.4, -0.2) is 67.2 Å². The first-order chi connectivity index (χ1) is 16.7. The maximum absolute atomic E-state index is 12.9. The summed E-state index contributed by atoms with van der Waals surface area (Å²) in [5.41, 5.74) is 1.40. The highest BCUT2D eigenvalue weighted by atomic mass is 16.6. The molecule has 0 aliphatic carbocycles. The lowest BCUT2D eigenvalue weighted by Crippen LogP contribution is -2.51. The molecular formula is C27H36N4O4. The molecule has 1 fully saturated rings. The van der Waals surface area contributed by atoms with Gasteiger partial charge in [-0.1, -0.05) is 48.5 Å². The Hall–Kier alpha value is -3.55. The van der Waals surface area contributed by atoms with Gasteiger partial charge in [0.1, 0.15) is 11.6 Å². The molecule has 0 bridgehead atoms. The average Bonchev–Trinajstić information content (AvgIpc) is 2.83. The Morgan fingerprint density at radius 1 is 0.914 bits per heavy atom. The highest BCUT2D eigenvalue weighted by Crippen LogP contribution is 2.16. The van der Waals surface area contributed by atoms with Crippen LogP contribution >= 0.6 is 0 Å². The van der Waals surface area contributed by atoms with Gasteiger partial charge in [0.25, 0.3) is 0 Å². The molecule has 2 aromatic rings. The molecule has 1 aliphatic rings. The Morgan fingerprint density at radius 2 is 1.51 bits per heavy atom. The maximum Gasteiger partial charge on any atom is 0.408 e. The third-order valence-corrected chi connectivity index (χ3v) is 5.68. The van der Waals surface area contributed by atoms with Crippen LogP contribution in [0.1, 0.15) is 32.8 Å². The lowest BCUT2D eigenvalue weighted by atomic mass is 10.1. The fourth-order valence-electron chi connectivity index (χ4n) is 3.94. The number of ether oxygens (including phenoxy) is 1. The molecule has 1 heterocycles. The number of para-hydroxylation sites is 1. The van der Waals surface area contributed by atoms with Gasteiger partial charge in [-0.3, -0.25) is 9.59 Å². The third-order valence-electron chi connectivity index (χ3n) is 5.68. The second-order valence-electron chi connectivity index (χ2n) is 9.63. The summed E-state index contributed by atoms with van der Waals surface area (Å²) in [6.07, 6.45) is -0.121. The minimum atomic E-state index is -0.809. The lowest BCUT2D eigenvalue weighted by Gasteiger charge is -2.36. The van der Waals surface area contributed by atoms with Crippen molar-refractivity contribution in [2.45, 2.75) is 45.3 Å². The van der Waals surface area contributed by atoms with Gasteiger partial charge in [-0.25, -0.2) is 4.79 Å². The standard InChI is InChI=1S/C27H36N4O4/c1-27(2,3)35-26(34)29-23(20-21-10-6-4-7-11-21)25(33)28-15-14-24(32)31-18-16-30(17-19-31)22-12-8-5-9-13-22/h4-13,23H,14-20H2,1-3H3,(H,28,33)(H,29,34). The van der Waals surface area contributed by atoms with Crippen molar-refractivity contribution in [3.63, 3.8) is 0 Å². The Bertz CT molecular complexity index is 968. The van der Waals surface area contributed by atoms with E-state index in [1.807, 2.05) is 53.4 Å². The van der Waals surface area contributed by atoms with Gasteiger partial charge in [0.2, 0.25) is 11.8 Å². The van der Waals surface area contributed by atoms with Crippen LogP contribution < -0.4 is 15.5 Å². The van der Waals surface area contributed by atoms with Gasteiger partial charge in [-0.2, -0.15) is 0 Å². The number of benzene rings is 2. The first-order valence-corrected chi connectivity index (χ1v) is 12.1. The largest absolute Gasteiger partial charge is 0.444 e. The molecule has 0 spiro atoms. The van der Waals surface area contributed by atoms with Crippen molar-refractivity contribution in [2.75, 3.05) is 37.6 Å². The summed E-state index contributed by atoms with van der Waals surface area (Å²) in [5, 5.41) is 5.48. The number of hydrogen-bond acceptors (Lipinski definition) is 5. The molecule has 1 aliphatic heterocycles. The van der Waals surface area contributed by atoms with E-state index in [0.29, 0.717) is 19.5 Å². The molecule has 1 saturated heterocycles. The third kappa shape index (κ3) is 8.63. The predicted molar refractivity (Wildman–Crippen MR) is 136 cm³/mol. The van der Waals surface area contributed by atoms with E-state index < -0.39 is 17.7 Å². The molecule has 2 aromatic carbocycles. The average molecular weight is 481 g/mol. The number of rotatable bonds is 8. The molecular weight excluding hydrogens is 444 g/mol. The highest BCUT2D eigenvalue weighted by molar-refractivity contribution is 5.86. The SMILES string of the molecule is CC(C)(C)OC(=O)NC(Cc1ccccc1)C(=O)NCCC(=O)N1CCN(c2ccccc2)CC1. The van der Waals surface area contributed by atoms with Crippen molar-refractivity contribution < 1.29 is 19.1 Å². The number of carbonyl (C=O) groups is 3. The number of piperazine rings is 1. The zero-order chi connectivity index (χ0) is 25.3. The Kier molecular flexibility index (Phi) is 9.11. The van der Waals surface area contributed by atoms with Crippen LogP contribution in [0.4, 0.5) is 10.5 Å². The molecule has 35 heavy (non-hydrogen) atoms.